The van der Waals surface area contributed by atoms with E-state index < -0.39 is 6.04 Å². The normalized spacial score (nSPS) is 19.0. The Morgan fingerprint density at radius 3 is 2.67 bits per heavy atom. The summed E-state index contributed by atoms with van der Waals surface area (Å²) in [7, 11) is 0. The first-order valence-corrected chi connectivity index (χ1v) is 7.55. The van der Waals surface area contributed by atoms with Crippen molar-refractivity contribution in [3.63, 3.8) is 0 Å². The van der Waals surface area contributed by atoms with E-state index in [0.29, 0.717) is 12.5 Å². The molecular weight excluding hydrogens is 266 g/mol. The summed E-state index contributed by atoms with van der Waals surface area (Å²) in [6.45, 7) is 7.32. The van der Waals surface area contributed by atoms with E-state index in [4.69, 9.17) is 10.5 Å². The minimum atomic E-state index is -0.596. The van der Waals surface area contributed by atoms with Crippen LogP contribution in [0.25, 0.3) is 0 Å². The average Bonchev–Trinajstić information content (AvgIpc) is 2.53. The molecule has 0 bridgehead atoms. The van der Waals surface area contributed by atoms with Crippen LogP contribution in [-0.2, 0) is 9.53 Å². The highest BCUT2D eigenvalue weighted by molar-refractivity contribution is 5.82. The third-order valence-corrected chi connectivity index (χ3v) is 3.74. The van der Waals surface area contributed by atoms with E-state index in [0.717, 1.165) is 38.4 Å². The zero-order chi connectivity index (χ0) is 15.1. The fourth-order valence-corrected chi connectivity index (χ4v) is 2.49. The van der Waals surface area contributed by atoms with Crippen molar-refractivity contribution >= 4 is 5.91 Å². The zero-order valence-corrected chi connectivity index (χ0v) is 12.6. The Labute approximate surface area is 126 Å². The maximum absolute atomic E-state index is 12.1. The lowest BCUT2D eigenvalue weighted by atomic mass is 10.1. The summed E-state index contributed by atoms with van der Waals surface area (Å²) in [4.78, 5) is 14.4. The Balaban J connectivity index is 1.72. The largest absolute Gasteiger partial charge is 0.379 e. The zero-order valence-electron chi connectivity index (χ0n) is 12.6. The molecule has 5 heteroatoms. The summed E-state index contributed by atoms with van der Waals surface area (Å²) in [6.07, 6.45) is 0. The fourth-order valence-electron chi connectivity index (χ4n) is 2.49. The van der Waals surface area contributed by atoms with Crippen LogP contribution < -0.4 is 11.1 Å². The molecule has 0 aliphatic carbocycles. The summed E-state index contributed by atoms with van der Waals surface area (Å²) in [5, 5.41) is 2.95. The molecular formula is C16H25N3O2. The molecule has 2 unspecified atom stereocenters. The highest BCUT2D eigenvalue weighted by Crippen LogP contribution is 2.09. The van der Waals surface area contributed by atoms with Crippen LogP contribution >= 0.6 is 0 Å². The lowest BCUT2D eigenvalue weighted by Gasteiger charge is -2.29. The van der Waals surface area contributed by atoms with Crippen molar-refractivity contribution in [2.45, 2.75) is 13.0 Å². The van der Waals surface area contributed by atoms with E-state index in [-0.39, 0.29) is 5.91 Å². The first-order chi connectivity index (χ1) is 10.2. The maximum Gasteiger partial charge on any atom is 0.241 e. The van der Waals surface area contributed by atoms with E-state index in [9.17, 15) is 4.79 Å². The van der Waals surface area contributed by atoms with E-state index in [1.165, 1.54) is 0 Å². The van der Waals surface area contributed by atoms with Gasteiger partial charge in [-0.3, -0.25) is 9.69 Å². The number of hydrogen-bond donors (Lipinski definition) is 2. The monoisotopic (exact) mass is 291 g/mol. The van der Waals surface area contributed by atoms with E-state index in [1.807, 2.05) is 30.3 Å². The molecule has 1 aliphatic heterocycles. The Kier molecular flexibility index (Phi) is 6.17. The lowest BCUT2D eigenvalue weighted by molar-refractivity contribution is -0.122. The Morgan fingerprint density at radius 1 is 1.33 bits per heavy atom. The van der Waals surface area contributed by atoms with Crippen molar-refractivity contribution in [3.05, 3.63) is 35.9 Å². The summed E-state index contributed by atoms with van der Waals surface area (Å²) < 4.78 is 5.33. The van der Waals surface area contributed by atoms with Gasteiger partial charge < -0.3 is 15.8 Å². The summed E-state index contributed by atoms with van der Waals surface area (Å²) in [5.74, 6) is 0.282. The Hall–Kier alpha value is -1.43. The summed E-state index contributed by atoms with van der Waals surface area (Å²) in [6, 6.07) is 8.86. The fraction of sp³-hybridized carbons (Fsp3) is 0.562. The van der Waals surface area contributed by atoms with Gasteiger partial charge in [0.15, 0.2) is 0 Å². The molecule has 1 aliphatic rings. The quantitative estimate of drug-likeness (QED) is 0.812. The average molecular weight is 291 g/mol. The van der Waals surface area contributed by atoms with Crippen LogP contribution in [-0.4, -0.2) is 50.2 Å². The molecule has 0 saturated carbocycles. The molecule has 2 rings (SSSR count). The van der Waals surface area contributed by atoms with Gasteiger partial charge in [-0.15, -0.1) is 0 Å². The molecule has 0 radical (unpaired) electrons. The van der Waals surface area contributed by atoms with Gasteiger partial charge in [0.05, 0.1) is 13.2 Å². The molecule has 1 heterocycles. The van der Waals surface area contributed by atoms with Crippen molar-refractivity contribution in [3.8, 4) is 0 Å². The van der Waals surface area contributed by atoms with E-state index >= 15 is 0 Å². The van der Waals surface area contributed by atoms with Gasteiger partial charge in [0.25, 0.3) is 0 Å². The third kappa shape index (κ3) is 5.12. The molecule has 1 fully saturated rings. The predicted octanol–water partition coefficient (Wildman–Crippen LogP) is 0.771. The number of rotatable bonds is 6. The van der Waals surface area contributed by atoms with Crippen molar-refractivity contribution in [2.75, 3.05) is 39.4 Å². The van der Waals surface area contributed by atoms with Crippen molar-refractivity contribution < 1.29 is 9.53 Å². The van der Waals surface area contributed by atoms with Gasteiger partial charge in [-0.05, 0) is 11.5 Å². The van der Waals surface area contributed by atoms with Gasteiger partial charge in [0.1, 0.15) is 6.04 Å². The van der Waals surface area contributed by atoms with Gasteiger partial charge in [0, 0.05) is 26.2 Å². The van der Waals surface area contributed by atoms with Crippen LogP contribution in [0.1, 0.15) is 18.5 Å². The van der Waals surface area contributed by atoms with Crippen LogP contribution in [0, 0.1) is 5.92 Å². The second-order valence-corrected chi connectivity index (χ2v) is 5.65. The number of ether oxygens (including phenoxy) is 1. The van der Waals surface area contributed by atoms with Crippen LogP contribution in [0.3, 0.4) is 0 Å². The number of carbonyl (C=O) groups excluding carboxylic acids is 1. The molecule has 1 aromatic rings. The number of carbonyl (C=O) groups is 1. The molecule has 21 heavy (non-hydrogen) atoms. The minimum absolute atomic E-state index is 0.116. The number of benzene rings is 1. The molecule has 2 atom stereocenters. The van der Waals surface area contributed by atoms with Gasteiger partial charge in [0.2, 0.25) is 5.91 Å². The van der Waals surface area contributed by atoms with E-state index in [1.54, 1.807) is 0 Å². The maximum atomic E-state index is 12.1. The van der Waals surface area contributed by atoms with Crippen LogP contribution in [0.15, 0.2) is 30.3 Å². The number of hydrogen-bond acceptors (Lipinski definition) is 4. The topological polar surface area (TPSA) is 67.6 Å². The van der Waals surface area contributed by atoms with Crippen LogP contribution in [0.2, 0.25) is 0 Å². The van der Waals surface area contributed by atoms with Gasteiger partial charge >= 0.3 is 0 Å². The Morgan fingerprint density at radius 2 is 2.00 bits per heavy atom. The van der Waals surface area contributed by atoms with Crippen LogP contribution in [0.4, 0.5) is 0 Å². The van der Waals surface area contributed by atoms with Gasteiger partial charge in [-0.2, -0.15) is 0 Å². The Bertz CT molecular complexity index is 432. The lowest BCUT2D eigenvalue weighted by Crippen LogP contribution is -2.42. The molecule has 1 saturated heterocycles. The SMILES string of the molecule is CC(CNC(=O)C(N)c1ccccc1)CN1CCOCC1. The molecule has 1 aromatic carbocycles. The molecule has 1 amide bonds. The summed E-state index contributed by atoms with van der Waals surface area (Å²) >= 11 is 0. The molecule has 0 aromatic heterocycles. The van der Waals surface area contributed by atoms with Crippen LogP contribution in [0.5, 0.6) is 0 Å². The van der Waals surface area contributed by atoms with Crippen molar-refractivity contribution in [1.29, 1.82) is 0 Å². The molecule has 0 spiro atoms. The van der Waals surface area contributed by atoms with Gasteiger partial charge in [-0.1, -0.05) is 37.3 Å². The third-order valence-electron chi connectivity index (χ3n) is 3.74. The van der Waals surface area contributed by atoms with E-state index in [2.05, 4.69) is 17.1 Å². The highest BCUT2D eigenvalue weighted by atomic mass is 16.5. The number of amides is 1. The first-order valence-electron chi connectivity index (χ1n) is 7.55. The highest BCUT2D eigenvalue weighted by Gasteiger charge is 2.17. The van der Waals surface area contributed by atoms with Gasteiger partial charge in [-0.25, -0.2) is 0 Å². The predicted molar refractivity (Wildman–Crippen MR) is 82.8 cm³/mol. The number of nitrogens with zero attached hydrogens (tertiary/aromatic N) is 1. The first kappa shape index (κ1) is 15.9. The number of nitrogens with two attached hydrogens (primary N) is 1. The number of nitrogens with one attached hydrogen (secondary N) is 1. The minimum Gasteiger partial charge on any atom is -0.379 e. The smallest absolute Gasteiger partial charge is 0.241 e. The molecule has 116 valence electrons. The van der Waals surface area contributed by atoms with Crippen molar-refractivity contribution in [2.24, 2.45) is 11.7 Å². The number of morpholine rings is 1. The molecule has 3 N–H and O–H groups in total. The standard InChI is InChI=1S/C16H25N3O2/c1-13(12-19-7-9-21-10-8-19)11-18-16(20)15(17)14-5-3-2-4-6-14/h2-6,13,15H,7-12,17H2,1H3,(H,18,20). The van der Waals surface area contributed by atoms with Crippen molar-refractivity contribution in [1.82, 2.24) is 10.2 Å². The summed E-state index contributed by atoms with van der Waals surface area (Å²) in [5.41, 5.74) is 6.81. The second-order valence-electron chi connectivity index (χ2n) is 5.65. The molecule has 5 nitrogen and oxygen atoms in total. The second kappa shape index (κ2) is 8.12.